The van der Waals surface area contributed by atoms with Crippen LogP contribution < -0.4 is 0 Å². The molecule has 22 heavy (non-hydrogen) atoms. The fraction of sp³-hybridized carbons (Fsp3) is 0.529. The fourth-order valence-corrected chi connectivity index (χ4v) is 3.19. The molecular formula is C17H22N4O. The topological polar surface area (TPSA) is 64.7 Å². The van der Waals surface area contributed by atoms with Crippen LogP contribution in [0, 0.1) is 5.41 Å². The van der Waals surface area contributed by atoms with E-state index < -0.39 is 0 Å². The highest BCUT2D eigenvalue weighted by Gasteiger charge is 2.31. The Labute approximate surface area is 130 Å². The third kappa shape index (κ3) is 3.08. The highest BCUT2D eigenvalue weighted by Crippen LogP contribution is 2.40. The fourth-order valence-electron chi connectivity index (χ4n) is 3.19. The summed E-state index contributed by atoms with van der Waals surface area (Å²) >= 11 is 0. The van der Waals surface area contributed by atoms with E-state index in [0.717, 1.165) is 25.0 Å². The monoisotopic (exact) mass is 298 g/mol. The largest absolute Gasteiger partial charge is 0.339 e. The zero-order valence-corrected chi connectivity index (χ0v) is 13.0. The molecule has 5 heteroatoms. The number of aromatic nitrogens is 4. The second-order valence-electron chi connectivity index (χ2n) is 6.20. The van der Waals surface area contributed by atoms with E-state index in [1.807, 2.05) is 6.92 Å². The van der Waals surface area contributed by atoms with Gasteiger partial charge in [-0.1, -0.05) is 30.5 Å². The zero-order valence-electron chi connectivity index (χ0n) is 13.0. The van der Waals surface area contributed by atoms with Crippen LogP contribution in [0.1, 0.15) is 62.4 Å². The van der Waals surface area contributed by atoms with Gasteiger partial charge in [0.2, 0.25) is 5.89 Å². The summed E-state index contributed by atoms with van der Waals surface area (Å²) in [7, 11) is 0. The Balaban J connectivity index is 1.75. The van der Waals surface area contributed by atoms with Crippen LogP contribution in [0.4, 0.5) is 0 Å². The second-order valence-corrected chi connectivity index (χ2v) is 6.20. The highest BCUT2D eigenvalue weighted by atomic mass is 16.5. The van der Waals surface area contributed by atoms with Gasteiger partial charge >= 0.3 is 0 Å². The number of rotatable bonds is 5. The van der Waals surface area contributed by atoms with E-state index in [1.54, 1.807) is 18.6 Å². The maximum Gasteiger partial charge on any atom is 0.227 e. The molecule has 2 heterocycles. The molecule has 1 aliphatic rings. The normalized spacial score (nSPS) is 18.8. The van der Waals surface area contributed by atoms with Gasteiger partial charge in [0, 0.05) is 25.0 Å². The van der Waals surface area contributed by atoms with Crippen molar-refractivity contribution in [3.8, 4) is 0 Å². The molecule has 0 N–H and O–H groups in total. The van der Waals surface area contributed by atoms with Gasteiger partial charge in [-0.25, -0.2) is 0 Å². The molecule has 116 valence electrons. The van der Waals surface area contributed by atoms with E-state index in [2.05, 4.69) is 32.8 Å². The molecule has 0 aromatic carbocycles. The summed E-state index contributed by atoms with van der Waals surface area (Å²) in [5, 5.41) is 4.14. The van der Waals surface area contributed by atoms with Crippen molar-refractivity contribution in [2.24, 2.45) is 5.41 Å². The molecule has 1 fully saturated rings. The van der Waals surface area contributed by atoms with E-state index in [1.165, 1.54) is 19.3 Å². The van der Waals surface area contributed by atoms with Gasteiger partial charge in [-0.2, -0.15) is 4.98 Å². The molecule has 0 saturated heterocycles. The molecule has 0 amide bonds. The van der Waals surface area contributed by atoms with Gasteiger partial charge in [0.15, 0.2) is 5.82 Å². The van der Waals surface area contributed by atoms with E-state index in [0.29, 0.717) is 11.7 Å². The average molecular weight is 298 g/mol. The van der Waals surface area contributed by atoms with Gasteiger partial charge in [-0.05, 0) is 25.2 Å². The SMILES string of the molecule is C=CC1(Cc2nc(C(C)c3cnccn3)no2)CCCCC1. The summed E-state index contributed by atoms with van der Waals surface area (Å²) < 4.78 is 5.48. The van der Waals surface area contributed by atoms with Crippen LogP contribution in [0.25, 0.3) is 0 Å². The Hall–Kier alpha value is -2.04. The quantitative estimate of drug-likeness (QED) is 0.788. The van der Waals surface area contributed by atoms with Gasteiger partial charge in [-0.3, -0.25) is 9.97 Å². The molecule has 2 aromatic heterocycles. The highest BCUT2D eigenvalue weighted by molar-refractivity contribution is 5.13. The first-order chi connectivity index (χ1) is 10.7. The van der Waals surface area contributed by atoms with Crippen LogP contribution >= 0.6 is 0 Å². The lowest BCUT2D eigenvalue weighted by molar-refractivity contribution is 0.228. The lowest BCUT2D eigenvalue weighted by Crippen LogP contribution is -2.24. The first-order valence-electron chi connectivity index (χ1n) is 7.94. The number of hydrogen-bond donors (Lipinski definition) is 0. The second kappa shape index (κ2) is 6.38. The number of nitrogens with zero attached hydrogens (tertiary/aromatic N) is 4. The smallest absolute Gasteiger partial charge is 0.227 e. The molecule has 2 aromatic rings. The molecule has 1 unspecified atom stereocenters. The maximum absolute atomic E-state index is 5.48. The molecule has 0 spiro atoms. The summed E-state index contributed by atoms with van der Waals surface area (Å²) in [6.07, 6.45) is 14.1. The third-order valence-corrected chi connectivity index (χ3v) is 4.68. The Morgan fingerprint density at radius 3 is 2.82 bits per heavy atom. The zero-order chi connectivity index (χ0) is 15.4. The van der Waals surface area contributed by atoms with Crippen LogP contribution in [0.5, 0.6) is 0 Å². The Kier molecular flexibility index (Phi) is 4.32. The van der Waals surface area contributed by atoms with Crippen molar-refractivity contribution >= 4 is 0 Å². The minimum absolute atomic E-state index is 0.0164. The van der Waals surface area contributed by atoms with Crippen molar-refractivity contribution in [3.63, 3.8) is 0 Å². The van der Waals surface area contributed by atoms with E-state index in [9.17, 15) is 0 Å². The number of hydrogen-bond acceptors (Lipinski definition) is 5. The molecule has 0 bridgehead atoms. The molecule has 1 atom stereocenters. The molecule has 1 saturated carbocycles. The number of allylic oxidation sites excluding steroid dienone is 1. The Morgan fingerprint density at radius 1 is 1.32 bits per heavy atom. The van der Waals surface area contributed by atoms with Gasteiger partial charge in [0.1, 0.15) is 0 Å². The lowest BCUT2D eigenvalue weighted by Gasteiger charge is -2.33. The first-order valence-corrected chi connectivity index (χ1v) is 7.94. The minimum Gasteiger partial charge on any atom is -0.339 e. The van der Waals surface area contributed by atoms with Gasteiger partial charge in [-0.15, -0.1) is 6.58 Å². The summed E-state index contributed by atoms with van der Waals surface area (Å²) in [6.45, 7) is 6.05. The van der Waals surface area contributed by atoms with E-state index >= 15 is 0 Å². The first kappa shape index (κ1) is 14.9. The van der Waals surface area contributed by atoms with Gasteiger partial charge in [0.25, 0.3) is 0 Å². The van der Waals surface area contributed by atoms with Gasteiger partial charge in [0.05, 0.1) is 11.6 Å². The van der Waals surface area contributed by atoms with Crippen molar-refractivity contribution in [2.75, 3.05) is 0 Å². The lowest BCUT2D eigenvalue weighted by atomic mass is 9.72. The van der Waals surface area contributed by atoms with Crippen LogP contribution in [0.2, 0.25) is 0 Å². The molecule has 0 aliphatic heterocycles. The summed E-state index contributed by atoms with van der Waals surface area (Å²) in [6, 6.07) is 0. The summed E-state index contributed by atoms with van der Waals surface area (Å²) in [5.41, 5.74) is 0.976. The third-order valence-electron chi connectivity index (χ3n) is 4.68. The van der Waals surface area contributed by atoms with Crippen LogP contribution in [-0.4, -0.2) is 20.1 Å². The van der Waals surface area contributed by atoms with Crippen molar-refractivity contribution < 1.29 is 4.52 Å². The van der Waals surface area contributed by atoms with Crippen molar-refractivity contribution in [1.82, 2.24) is 20.1 Å². The van der Waals surface area contributed by atoms with Gasteiger partial charge < -0.3 is 4.52 Å². The predicted octanol–water partition coefficient (Wildman–Crippen LogP) is 3.69. The average Bonchev–Trinajstić information content (AvgIpc) is 3.04. The maximum atomic E-state index is 5.48. The van der Waals surface area contributed by atoms with E-state index in [-0.39, 0.29) is 11.3 Å². The molecule has 3 rings (SSSR count). The predicted molar refractivity (Wildman–Crippen MR) is 83.3 cm³/mol. The molecule has 0 radical (unpaired) electrons. The molecular weight excluding hydrogens is 276 g/mol. The van der Waals surface area contributed by atoms with Crippen molar-refractivity contribution in [3.05, 3.63) is 48.7 Å². The standard InChI is InChI=1S/C17H22N4O/c1-3-17(7-5-4-6-8-17)11-15-20-16(21-22-15)13(2)14-12-18-9-10-19-14/h3,9-10,12-13H,1,4-8,11H2,2H3. The molecule has 5 nitrogen and oxygen atoms in total. The Morgan fingerprint density at radius 2 is 2.14 bits per heavy atom. The summed E-state index contributed by atoms with van der Waals surface area (Å²) in [4.78, 5) is 13.0. The van der Waals surface area contributed by atoms with Crippen molar-refractivity contribution in [1.29, 1.82) is 0 Å². The summed E-state index contributed by atoms with van der Waals surface area (Å²) in [5.74, 6) is 1.36. The minimum atomic E-state index is -0.0164. The van der Waals surface area contributed by atoms with Crippen LogP contribution in [0.3, 0.4) is 0 Å². The Bertz CT molecular complexity index is 617. The van der Waals surface area contributed by atoms with Crippen LogP contribution in [0.15, 0.2) is 35.8 Å². The van der Waals surface area contributed by atoms with Crippen molar-refractivity contribution in [2.45, 2.75) is 51.4 Å². The van der Waals surface area contributed by atoms with Crippen LogP contribution in [-0.2, 0) is 6.42 Å². The molecule has 1 aliphatic carbocycles. The van der Waals surface area contributed by atoms with E-state index in [4.69, 9.17) is 4.52 Å².